The van der Waals surface area contributed by atoms with E-state index in [4.69, 9.17) is 16.3 Å². The third-order valence-corrected chi connectivity index (χ3v) is 4.90. The molecule has 0 aromatic heterocycles. The average molecular weight is 421 g/mol. The molecule has 0 aliphatic carbocycles. The summed E-state index contributed by atoms with van der Waals surface area (Å²) in [6, 6.07) is 20.4. The van der Waals surface area contributed by atoms with Crippen molar-refractivity contribution < 1.29 is 19.1 Å². The fourth-order valence-electron chi connectivity index (χ4n) is 3.21. The molecule has 1 heterocycles. The van der Waals surface area contributed by atoms with E-state index in [2.05, 4.69) is 5.32 Å². The fraction of sp³-hybridized carbons (Fsp3) is 0.0870. The van der Waals surface area contributed by atoms with E-state index in [0.717, 1.165) is 4.90 Å². The number of anilines is 1. The van der Waals surface area contributed by atoms with Crippen LogP contribution in [0.5, 0.6) is 5.75 Å². The lowest BCUT2D eigenvalue weighted by Gasteiger charge is -2.16. The second-order valence-electron chi connectivity index (χ2n) is 6.62. The van der Waals surface area contributed by atoms with Gasteiger partial charge in [-0.05, 0) is 42.5 Å². The summed E-state index contributed by atoms with van der Waals surface area (Å²) in [5.41, 5.74) is 1.67. The van der Waals surface area contributed by atoms with Crippen LogP contribution in [0, 0.1) is 0 Å². The number of benzene rings is 3. The first kappa shape index (κ1) is 19.7. The van der Waals surface area contributed by atoms with Gasteiger partial charge in [0.25, 0.3) is 17.7 Å². The SMILES string of the molecule is O=C(Nc1ccccc1)c1cc(Cl)ccc1OCCN1C(=O)c2ccccc2C1=O. The van der Waals surface area contributed by atoms with Crippen molar-refractivity contribution in [1.82, 2.24) is 4.90 Å². The summed E-state index contributed by atoms with van der Waals surface area (Å²) < 4.78 is 5.74. The molecule has 0 radical (unpaired) electrons. The molecular weight excluding hydrogens is 404 g/mol. The lowest BCUT2D eigenvalue weighted by Crippen LogP contribution is -2.33. The minimum absolute atomic E-state index is 0.0404. The molecule has 3 aromatic rings. The van der Waals surface area contributed by atoms with Gasteiger partial charge in [-0.25, -0.2) is 0 Å². The van der Waals surface area contributed by atoms with Crippen molar-refractivity contribution in [2.75, 3.05) is 18.5 Å². The first-order valence-electron chi connectivity index (χ1n) is 9.28. The minimum Gasteiger partial charge on any atom is -0.491 e. The lowest BCUT2D eigenvalue weighted by molar-refractivity contribution is 0.0630. The maximum Gasteiger partial charge on any atom is 0.261 e. The quantitative estimate of drug-likeness (QED) is 0.604. The normalized spacial score (nSPS) is 12.6. The molecule has 3 amide bonds. The molecule has 4 rings (SSSR count). The lowest BCUT2D eigenvalue weighted by atomic mass is 10.1. The summed E-state index contributed by atoms with van der Waals surface area (Å²) in [4.78, 5) is 38.7. The van der Waals surface area contributed by atoms with E-state index in [1.165, 1.54) is 6.07 Å². The molecule has 1 aliphatic rings. The molecule has 1 aliphatic heterocycles. The molecule has 0 saturated heterocycles. The van der Waals surface area contributed by atoms with Gasteiger partial charge in [0.15, 0.2) is 0 Å². The molecule has 30 heavy (non-hydrogen) atoms. The summed E-state index contributed by atoms with van der Waals surface area (Å²) in [7, 11) is 0. The number of halogens is 1. The van der Waals surface area contributed by atoms with Crippen LogP contribution < -0.4 is 10.1 Å². The van der Waals surface area contributed by atoms with E-state index < -0.39 is 0 Å². The van der Waals surface area contributed by atoms with Gasteiger partial charge in [0.1, 0.15) is 12.4 Å². The molecule has 3 aromatic carbocycles. The number of rotatable bonds is 6. The second kappa shape index (κ2) is 8.39. The van der Waals surface area contributed by atoms with Gasteiger partial charge in [-0.3, -0.25) is 19.3 Å². The summed E-state index contributed by atoms with van der Waals surface area (Å²) in [6.07, 6.45) is 0. The van der Waals surface area contributed by atoms with Crippen molar-refractivity contribution in [3.63, 3.8) is 0 Å². The molecule has 0 atom stereocenters. The van der Waals surface area contributed by atoms with Crippen molar-refractivity contribution in [2.45, 2.75) is 0 Å². The van der Waals surface area contributed by atoms with E-state index in [-0.39, 0.29) is 36.4 Å². The van der Waals surface area contributed by atoms with Gasteiger partial charge in [-0.15, -0.1) is 0 Å². The second-order valence-corrected chi connectivity index (χ2v) is 7.05. The Morgan fingerprint density at radius 1 is 0.900 bits per heavy atom. The molecule has 0 spiro atoms. The predicted molar refractivity (Wildman–Crippen MR) is 113 cm³/mol. The van der Waals surface area contributed by atoms with Crippen molar-refractivity contribution in [3.8, 4) is 5.75 Å². The highest BCUT2D eigenvalue weighted by atomic mass is 35.5. The van der Waals surface area contributed by atoms with Crippen LogP contribution in [0.4, 0.5) is 5.69 Å². The number of amides is 3. The first-order valence-corrected chi connectivity index (χ1v) is 9.66. The van der Waals surface area contributed by atoms with E-state index >= 15 is 0 Å². The number of hydrogen-bond donors (Lipinski definition) is 1. The molecular formula is C23H17ClN2O4. The highest BCUT2D eigenvalue weighted by Gasteiger charge is 2.34. The zero-order valence-electron chi connectivity index (χ0n) is 15.8. The maximum absolute atomic E-state index is 12.7. The molecule has 0 unspecified atom stereocenters. The standard InChI is InChI=1S/C23H17ClN2O4/c24-15-10-11-20(19(14-15)21(27)25-16-6-2-1-3-7-16)30-13-12-26-22(28)17-8-4-5-9-18(17)23(26)29/h1-11,14H,12-13H2,(H,25,27). The van der Waals surface area contributed by atoms with E-state index in [1.54, 1.807) is 48.5 Å². The van der Waals surface area contributed by atoms with Gasteiger partial charge >= 0.3 is 0 Å². The van der Waals surface area contributed by atoms with Crippen LogP contribution in [0.1, 0.15) is 31.1 Å². The van der Waals surface area contributed by atoms with Gasteiger partial charge < -0.3 is 10.1 Å². The van der Waals surface area contributed by atoms with Crippen LogP contribution in [0.25, 0.3) is 0 Å². The Bertz CT molecular complexity index is 1100. The van der Waals surface area contributed by atoms with Crippen molar-refractivity contribution >= 4 is 35.0 Å². The largest absolute Gasteiger partial charge is 0.491 e. The van der Waals surface area contributed by atoms with E-state index in [1.807, 2.05) is 18.2 Å². The van der Waals surface area contributed by atoms with Crippen molar-refractivity contribution in [2.24, 2.45) is 0 Å². The molecule has 0 fully saturated rings. The summed E-state index contributed by atoms with van der Waals surface area (Å²) in [6.45, 7) is 0.105. The van der Waals surface area contributed by atoms with Crippen LogP contribution in [0.15, 0.2) is 72.8 Å². The third kappa shape index (κ3) is 3.90. The molecule has 7 heteroatoms. The predicted octanol–water partition coefficient (Wildman–Crippen LogP) is 4.27. The summed E-state index contributed by atoms with van der Waals surface area (Å²) in [5, 5.41) is 3.18. The first-order chi connectivity index (χ1) is 14.5. The number of para-hydroxylation sites is 1. The molecule has 0 saturated carbocycles. The highest BCUT2D eigenvalue weighted by molar-refractivity contribution is 6.31. The van der Waals surface area contributed by atoms with Crippen molar-refractivity contribution in [3.05, 3.63) is 94.5 Å². The fourth-order valence-corrected chi connectivity index (χ4v) is 3.39. The smallest absolute Gasteiger partial charge is 0.261 e. The number of carbonyl (C=O) groups is 3. The molecule has 6 nitrogen and oxygen atoms in total. The number of imide groups is 1. The zero-order chi connectivity index (χ0) is 21.1. The van der Waals surface area contributed by atoms with Crippen LogP contribution in [-0.2, 0) is 0 Å². The number of hydrogen-bond acceptors (Lipinski definition) is 4. The highest BCUT2D eigenvalue weighted by Crippen LogP contribution is 2.25. The Kier molecular flexibility index (Phi) is 5.50. The molecule has 1 N–H and O–H groups in total. The van der Waals surface area contributed by atoms with Crippen LogP contribution in [-0.4, -0.2) is 35.8 Å². The number of nitrogens with zero attached hydrogens (tertiary/aromatic N) is 1. The number of carbonyl (C=O) groups excluding carboxylic acids is 3. The van der Waals surface area contributed by atoms with Crippen LogP contribution in [0.3, 0.4) is 0 Å². The third-order valence-electron chi connectivity index (χ3n) is 4.67. The Labute approximate surface area is 178 Å². The van der Waals surface area contributed by atoms with Gasteiger partial charge in [0.05, 0.1) is 23.2 Å². The monoisotopic (exact) mass is 420 g/mol. The Morgan fingerprint density at radius 3 is 2.20 bits per heavy atom. The average Bonchev–Trinajstić information content (AvgIpc) is 3.00. The zero-order valence-corrected chi connectivity index (χ0v) is 16.6. The minimum atomic E-state index is -0.376. The number of fused-ring (bicyclic) bond motifs is 1. The van der Waals surface area contributed by atoms with Crippen LogP contribution in [0.2, 0.25) is 5.02 Å². The molecule has 0 bridgehead atoms. The van der Waals surface area contributed by atoms with Gasteiger partial charge in [-0.1, -0.05) is 41.9 Å². The van der Waals surface area contributed by atoms with E-state index in [9.17, 15) is 14.4 Å². The molecule has 150 valence electrons. The van der Waals surface area contributed by atoms with Crippen molar-refractivity contribution in [1.29, 1.82) is 0 Å². The summed E-state index contributed by atoms with van der Waals surface area (Å²) in [5.74, 6) is -0.765. The van der Waals surface area contributed by atoms with Crippen LogP contribution >= 0.6 is 11.6 Å². The maximum atomic E-state index is 12.7. The number of ether oxygens (including phenoxy) is 1. The Morgan fingerprint density at radius 2 is 1.53 bits per heavy atom. The van der Waals surface area contributed by atoms with Gasteiger partial charge in [0, 0.05) is 10.7 Å². The Balaban J connectivity index is 1.45. The van der Waals surface area contributed by atoms with Gasteiger partial charge in [0.2, 0.25) is 0 Å². The van der Waals surface area contributed by atoms with Gasteiger partial charge in [-0.2, -0.15) is 0 Å². The Hall–Kier alpha value is -3.64. The number of nitrogens with one attached hydrogen (secondary N) is 1. The van der Waals surface area contributed by atoms with E-state index in [0.29, 0.717) is 27.6 Å². The summed E-state index contributed by atoms with van der Waals surface area (Å²) >= 11 is 6.06. The topological polar surface area (TPSA) is 75.7 Å².